The van der Waals surface area contributed by atoms with Crippen molar-refractivity contribution in [3.05, 3.63) is 17.5 Å². The largest absolute Gasteiger partial charge is 0.360 e. The molecule has 0 saturated carbocycles. The van der Waals surface area contributed by atoms with Crippen molar-refractivity contribution < 1.29 is 9.32 Å². The molecule has 2 amide bonds. The minimum Gasteiger partial charge on any atom is -0.360 e. The zero-order valence-electron chi connectivity index (χ0n) is 15.5. The molecule has 0 radical (unpaired) electrons. The Bertz CT molecular complexity index is 553. The zero-order chi connectivity index (χ0) is 17.6. The van der Waals surface area contributed by atoms with E-state index >= 15 is 0 Å². The molecule has 140 valence electrons. The van der Waals surface area contributed by atoms with E-state index in [1.165, 1.54) is 19.4 Å². The van der Waals surface area contributed by atoms with Gasteiger partial charge in [0.05, 0.1) is 12.2 Å². The highest BCUT2D eigenvalue weighted by Crippen LogP contribution is 2.14. The lowest BCUT2D eigenvalue weighted by Gasteiger charge is -2.34. The molecule has 1 atom stereocenters. The third kappa shape index (κ3) is 5.44. The number of nitrogens with zero attached hydrogens (tertiary/aromatic N) is 4. The lowest BCUT2D eigenvalue weighted by Crippen LogP contribution is -2.52. The lowest BCUT2D eigenvalue weighted by molar-refractivity contribution is 0.126. The van der Waals surface area contributed by atoms with Crippen LogP contribution in [0.15, 0.2) is 10.6 Å². The van der Waals surface area contributed by atoms with Gasteiger partial charge in [0.2, 0.25) is 0 Å². The SMILES string of the molecule is Cc1cc(CN2CCN(C(=O)NCCN3CCC[C@@H](C)C3)CC2)on1. The van der Waals surface area contributed by atoms with E-state index in [1.807, 2.05) is 17.9 Å². The molecule has 1 N–H and O–H groups in total. The third-order valence-corrected chi connectivity index (χ3v) is 5.16. The van der Waals surface area contributed by atoms with Crippen molar-refractivity contribution in [3.8, 4) is 0 Å². The highest BCUT2D eigenvalue weighted by molar-refractivity contribution is 5.74. The predicted octanol–water partition coefficient (Wildman–Crippen LogP) is 1.54. The maximum Gasteiger partial charge on any atom is 0.317 e. The summed E-state index contributed by atoms with van der Waals surface area (Å²) in [6, 6.07) is 2.04. The minimum atomic E-state index is 0.0696. The molecule has 1 aromatic heterocycles. The molecule has 2 aliphatic rings. The topological polar surface area (TPSA) is 64.8 Å². The van der Waals surface area contributed by atoms with Crippen LogP contribution in [0.25, 0.3) is 0 Å². The number of aryl methyl sites for hydroxylation is 1. The highest BCUT2D eigenvalue weighted by atomic mass is 16.5. The standard InChI is InChI=1S/C18H31N5O2/c1-15-4-3-6-21(13-15)7-5-19-18(24)23-10-8-22(9-11-23)14-17-12-16(2)20-25-17/h12,15H,3-11,13-14H2,1-2H3,(H,19,24)/t15-/m1/s1. The van der Waals surface area contributed by atoms with Gasteiger partial charge in [-0.1, -0.05) is 12.1 Å². The molecule has 1 aromatic rings. The lowest BCUT2D eigenvalue weighted by atomic mass is 10.0. The van der Waals surface area contributed by atoms with Crippen molar-refractivity contribution in [1.29, 1.82) is 0 Å². The van der Waals surface area contributed by atoms with Crippen molar-refractivity contribution in [1.82, 2.24) is 25.2 Å². The first-order valence-electron chi connectivity index (χ1n) is 9.50. The van der Waals surface area contributed by atoms with Crippen LogP contribution in [0.2, 0.25) is 0 Å². The fourth-order valence-corrected chi connectivity index (χ4v) is 3.74. The normalized spacial score (nSPS) is 23.0. The summed E-state index contributed by atoms with van der Waals surface area (Å²) in [7, 11) is 0. The Hall–Kier alpha value is -1.60. The van der Waals surface area contributed by atoms with E-state index in [-0.39, 0.29) is 6.03 Å². The summed E-state index contributed by atoms with van der Waals surface area (Å²) in [5.41, 5.74) is 0.913. The Labute approximate surface area is 150 Å². The van der Waals surface area contributed by atoms with Crippen LogP contribution in [0.3, 0.4) is 0 Å². The van der Waals surface area contributed by atoms with Crippen LogP contribution in [0, 0.1) is 12.8 Å². The molecular weight excluding hydrogens is 318 g/mol. The van der Waals surface area contributed by atoms with Gasteiger partial charge in [-0.2, -0.15) is 0 Å². The van der Waals surface area contributed by atoms with E-state index in [0.717, 1.165) is 69.7 Å². The molecule has 0 bridgehead atoms. The monoisotopic (exact) mass is 349 g/mol. The summed E-state index contributed by atoms with van der Waals surface area (Å²) >= 11 is 0. The van der Waals surface area contributed by atoms with Crippen molar-refractivity contribution >= 4 is 6.03 Å². The number of amides is 2. The summed E-state index contributed by atoms with van der Waals surface area (Å²) in [6.45, 7) is 12.3. The second kappa shape index (κ2) is 8.67. The van der Waals surface area contributed by atoms with Crippen LogP contribution in [0.4, 0.5) is 4.79 Å². The van der Waals surface area contributed by atoms with Gasteiger partial charge in [0.25, 0.3) is 0 Å². The average molecular weight is 349 g/mol. The Morgan fingerprint density at radius 3 is 2.76 bits per heavy atom. The number of piperidine rings is 1. The molecule has 2 aliphatic heterocycles. The number of hydrogen-bond donors (Lipinski definition) is 1. The van der Waals surface area contributed by atoms with Crippen LogP contribution < -0.4 is 5.32 Å². The average Bonchev–Trinajstić information content (AvgIpc) is 3.00. The number of hydrogen-bond acceptors (Lipinski definition) is 5. The molecule has 3 rings (SSSR count). The Kier molecular flexibility index (Phi) is 6.31. The van der Waals surface area contributed by atoms with Crippen LogP contribution in [0.1, 0.15) is 31.2 Å². The van der Waals surface area contributed by atoms with Gasteiger partial charge < -0.3 is 19.6 Å². The van der Waals surface area contributed by atoms with E-state index in [1.54, 1.807) is 0 Å². The second-order valence-electron chi connectivity index (χ2n) is 7.48. The van der Waals surface area contributed by atoms with Crippen molar-refractivity contribution in [2.45, 2.75) is 33.2 Å². The van der Waals surface area contributed by atoms with Crippen molar-refractivity contribution in [3.63, 3.8) is 0 Å². The van der Waals surface area contributed by atoms with Crippen molar-refractivity contribution in [2.24, 2.45) is 5.92 Å². The highest BCUT2D eigenvalue weighted by Gasteiger charge is 2.22. The summed E-state index contributed by atoms with van der Waals surface area (Å²) < 4.78 is 5.27. The van der Waals surface area contributed by atoms with Crippen LogP contribution in [-0.4, -0.2) is 78.2 Å². The van der Waals surface area contributed by atoms with Crippen LogP contribution in [-0.2, 0) is 6.54 Å². The molecule has 0 aromatic carbocycles. The van der Waals surface area contributed by atoms with E-state index in [0.29, 0.717) is 0 Å². The molecule has 2 saturated heterocycles. The zero-order valence-corrected chi connectivity index (χ0v) is 15.5. The summed E-state index contributed by atoms with van der Waals surface area (Å²) in [5.74, 6) is 1.68. The molecule has 0 spiro atoms. The number of rotatable bonds is 5. The third-order valence-electron chi connectivity index (χ3n) is 5.16. The molecule has 2 fully saturated rings. The first kappa shape index (κ1) is 18.2. The van der Waals surface area contributed by atoms with Gasteiger partial charge in [-0.15, -0.1) is 0 Å². The fourth-order valence-electron chi connectivity index (χ4n) is 3.74. The van der Waals surface area contributed by atoms with Crippen LogP contribution in [0.5, 0.6) is 0 Å². The van der Waals surface area contributed by atoms with Crippen molar-refractivity contribution in [2.75, 3.05) is 52.4 Å². The van der Waals surface area contributed by atoms with Gasteiger partial charge in [-0.3, -0.25) is 4.90 Å². The Morgan fingerprint density at radius 1 is 1.28 bits per heavy atom. The quantitative estimate of drug-likeness (QED) is 0.874. The number of carbonyl (C=O) groups is 1. The second-order valence-corrected chi connectivity index (χ2v) is 7.48. The number of urea groups is 1. The molecule has 7 nitrogen and oxygen atoms in total. The molecular formula is C18H31N5O2. The van der Waals surface area contributed by atoms with E-state index in [2.05, 4.69) is 27.2 Å². The number of aromatic nitrogens is 1. The van der Waals surface area contributed by atoms with Gasteiger partial charge >= 0.3 is 6.03 Å². The Morgan fingerprint density at radius 2 is 2.08 bits per heavy atom. The van der Waals surface area contributed by atoms with Gasteiger partial charge in [0.1, 0.15) is 0 Å². The van der Waals surface area contributed by atoms with E-state index in [4.69, 9.17) is 4.52 Å². The number of carbonyl (C=O) groups excluding carboxylic acids is 1. The maximum atomic E-state index is 12.3. The molecule has 3 heterocycles. The number of piperazine rings is 1. The minimum absolute atomic E-state index is 0.0696. The maximum absolute atomic E-state index is 12.3. The van der Waals surface area contributed by atoms with Gasteiger partial charge in [0, 0.05) is 51.9 Å². The number of nitrogens with one attached hydrogen (secondary N) is 1. The smallest absolute Gasteiger partial charge is 0.317 e. The fraction of sp³-hybridized carbons (Fsp3) is 0.778. The van der Waals surface area contributed by atoms with Gasteiger partial charge in [-0.25, -0.2) is 4.79 Å². The first-order valence-corrected chi connectivity index (χ1v) is 9.50. The van der Waals surface area contributed by atoms with Crippen LogP contribution >= 0.6 is 0 Å². The first-order chi connectivity index (χ1) is 12.1. The number of likely N-dealkylation sites (tertiary alicyclic amines) is 1. The molecule has 25 heavy (non-hydrogen) atoms. The van der Waals surface area contributed by atoms with Gasteiger partial charge in [-0.05, 0) is 32.2 Å². The van der Waals surface area contributed by atoms with E-state index < -0.39 is 0 Å². The summed E-state index contributed by atoms with van der Waals surface area (Å²) in [5, 5.41) is 7.00. The Balaban J connectivity index is 1.32. The molecule has 0 unspecified atom stereocenters. The summed E-state index contributed by atoms with van der Waals surface area (Å²) in [6.07, 6.45) is 2.61. The molecule has 7 heteroatoms. The van der Waals surface area contributed by atoms with Gasteiger partial charge in [0.15, 0.2) is 5.76 Å². The molecule has 0 aliphatic carbocycles. The van der Waals surface area contributed by atoms with E-state index in [9.17, 15) is 4.79 Å². The summed E-state index contributed by atoms with van der Waals surface area (Å²) in [4.78, 5) is 19.0. The predicted molar refractivity (Wildman–Crippen MR) is 96.3 cm³/mol.